The Bertz CT molecular complexity index is 527. The number of nitrogens with zero attached hydrogens (tertiary/aromatic N) is 4. The number of likely N-dealkylation sites (tertiary alicyclic amines) is 1. The lowest BCUT2D eigenvalue weighted by Gasteiger charge is -2.32. The summed E-state index contributed by atoms with van der Waals surface area (Å²) in [6.45, 7) is 3.34. The lowest BCUT2D eigenvalue weighted by Crippen LogP contribution is -2.43. The third-order valence-electron chi connectivity index (χ3n) is 4.68. The van der Waals surface area contributed by atoms with Crippen molar-refractivity contribution in [2.24, 2.45) is 0 Å². The van der Waals surface area contributed by atoms with Crippen LogP contribution in [0.25, 0.3) is 0 Å². The molecule has 0 bridgehead atoms. The molecule has 112 valence electrons. The second-order valence-corrected chi connectivity index (χ2v) is 5.96. The lowest BCUT2D eigenvalue weighted by atomic mass is 10.2. The van der Waals surface area contributed by atoms with Gasteiger partial charge in [0.1, 0.15) is 17.6 Å². The minimum absolute atomic E-state index is 0.259. The Kier molecular flexibility index (Phi) is 4.37. The van der Waals surface area contributed by atoms with Gasteiger partial charge in [-0.2, -0.15) is 5.26 Å². The summed E-state index contributed by atoms with van der Waals surface area (Å²) in [5.41, 5.74) is 0.479. The predicted octanol–water partition coefficient (Wildman–Crippen LogP) is 1.38. The highest BCUT2D eigenvalue weighted by molar-refractivity contribution is 5.43. The van der Waals surface area contributed by atoms with Crippen LogP contribution in [0.3, 0.4) is 0 Å². The Morgan fingerprint density at radius 1 is 1.24 bits per heavy atom. The van der Waals surface area contributed by atoms with Gasteiger partial charge in [-0.05, 0) is 44.4 Å². The molecule has 5 nitrogen and oxygen atoms in total. The zero-order chi connectivity index (χ0) is 14.7. The van der Waals surface area contributed by atoms with Crippen molar-refractivity contribution in [3.63, 3.8) is 0 Å². The molecule has 2 atom stereocenters. The molecule has 0 aromatic carbocycles. The van der Waals surface area contributed by atoms with Crippen LogP contribution in [-0.4, -0.2) is 53.3 Å². The third-order valence-corrected chi connectivity index (χ3v) is 4.68. The van der Waals surface area contributed by atoms with Crippen molar-refractivity contribution in [3.05, 3.63) is 23.9 Å². The molecular formula is C16H22N4O. The molecule has 3 rings (SSSR count). The van der Waals surface area contributed by atoms with E-state index in [0.29, 0.717) is 17.8 Å². The Morgan fingerprint density at radius 3 is 2.86 bits per heavy atom. The first kappa shape index (κ1) is 14.3. The standard InChI is InChI=1S/C16H22N4O/c17-10-13-4-1-7-16(18-13)20-9-3-5-14(20)11-19-8-2-6-15(19)12-21/h1,4,7,14-15,21H,2-3,5-6,8-9,11-12H2. The van der Waals surface area contributed by atoms with E-state index in [-0.39, 0.29) is 6.61 Å². The van der Waals surface area contributed by atoms with Gasteiger partial charge in [0, 0.05) is 25.2 Å². The number of pyridine rings is 1. The highest BCUT2D eigenvalue weighted by Crippen LogP contribution is 2.27. The molecule has 21 heavy (non-hydrogen) atoms. The topological polar surface area (TPSA) is 63.4 Å². The second-order valence-electron chi connectivity index (χ2n) is 5.96. The van der Waals surface area contributed by atoms with Crippen molar-refractivity contribution in [2.45, 2.75) is 37.8 Å². The SMILES string of the molecule is N#Cc1cccc(N2CCCC2CN2CCCC2CO)n1. The zero-order valence-corrected chi connectivity index (χ0v) is 12.3. The van der Waals surface area contributed by atoms with Gasteiger partial charge in [0.15, 0.2) is 0 Å². The summed E-state index contributed by atoms with van der Waals surface area (Å²) >= 11 is 0. The van der Waals surface area contributed by atoms with E-state index in [0.717, 1.165) is 38.3 Å². The quantitative estimate of drug-likeness (QED) is 0.906. The summed E-state index contributed by atoms with van der Waals surface area (Å²) in [6, 6.07) is 8.53. The average Bonchev–Trinajstić information content (AvgIpc) is 3.16. The fourth-order valence-corrected chi connectivity index (χ4v) is 3.59. The van der Waals surface area contributed by atoms with Gasteiger partial charge in [-0.15, -0.1) is 0 Å². The Balaban J connectivity index is 1.72. The predicted molar refractivity (Wildman–Crippen MR) is 81.0 cm³/mol. The molecule has 2 saturated heterocycles. The van der Waals surface area contributed by atoms with E-state index in [4.69, 9.17) is 5.26 Å². The van der Waals surface area contributed by atoms with Crippen LogP contribution in [0.1, 0.15) is 31.4 Å². The summed E-state index contributed by atoms with van der Waals surface area (Å²) in [6.07, 6.45) is 4.61. The van der Waals surface area contributed by atoms with E-state index in [9.17, 15) is 5.11 Å². The van der Waals surface area contributed by atoms with Crippen LogP contribution in [0, 0.1) is 11.3 Å². The largest absolute Gasteiger partial charge is 0.395 e. The molecule has 0 aliphatic carbocycles. The van der Waals surface area contributed by atoms with E-state index >= 15 is 0 Å². The molecule has 3 heterocycles. The maximum absolute atomic E-state index is 9.46. The van der Waals surface area contributed by atoms with Crippen LogP contribution in [0.5, 0.6) is 0 Å². The third kappa shape index (κ3) is 3.02. The van der Waals surface area contributed by atoms with E-state index in [1.165, 1.54) is 12.8 Å². The molecule has 0 spiro atoms. The van der Waals surface area contributed by atoms with Crippen LogP contribution in [-0.2, 0) is 0 Å². The van der Waals surface area contributed by atoms with Crippen LogP contribution in [0.2, 0.25) is 0 Å². The number of rotatable bonds is 4. The lowest BCUT2D eigenvalue weighted by molar-refractivity contribution is 0.153. The van der Waals surface area contributed by atoms with E-state index < -0.39 is 0 Å². The first-order valence-corrected chi connectivity index (χ1v) is 7.80. The summed E-state index contributed by atoms with van der Waals surface area (Å²) in [5, 5.41) is 18.5. The number of aromatic nitrogens is 1. The van der Waals surface area contributed by atoms with Gasteiger partial charge < -0.3 is 10.0 Å². The normalized spacial score (nSPS) is 26.2. The van der Waals surface area contributed by atoms with Crippen molar-refractivity contribution in [2.75, 3.05) is 31.1 Å². The van der Waals surface area contributed by atoms with Crippen molar-refractivity contribution in [1.82, 2.24) is 9.88 Å². The average molecular weight is 286 g/mol. The minimum atomic E-state index is 0.259. The van der Waals surface area contributed by atoms with Gasteiger partial charge in [0.05, 0.1) is 6.61 Å². The molecule has 0 radical (unpaired) electrons. The molecule has 5 heteroatoms. The fourth-order valence-electron chi connectivity index (χ4n) is 3.59. The molecule has 1 N–H and O–H groups in total. The van der Waals surface area contributed by atoms with Crippen molar-refractivity contribution < 1.29 is 5.11 Å². The summed E-state index contributed by atoms with van der Waals surface area (Å²) in [4.78, 5) is 9.17. The second kappa shape index (κ2) is 6.42. The fraction of sp³-hybridized carbons (Fsp3) is 0.625. The number of hydrogen-bond donors (Lipinski definition) is 1. The van der Waals surface area contributed by atoms with Gasteiger partial charge in [0.25, 0.3) is 0 Å². The summed E-state index contributed by atoms with van der Waals surface area (Å²) < 4.78 is 0. The maximum atomic E-state index is 9.46. The number of hydrogen-bond acceptors (Lipinski definition) is 5. The highest BCUT2D eigenvalue weighted by atomic mass is 16.3. The van der Waals surface area contributed by atoms with Gasteiger partial charge in [-0.25, -0.2) is 4.98 Å². The van der Waals surface area contributed by atoms with Gasteiger partial charge in [-0.1, -0.05) is 6.07 Å². The number of anilines is 1. The van der Waals surface area contributed by atoms with E-state index in [1.807, 2.05) is 12.1 Å². The Hall–Kier alpha value is -1.64. The van der Waals surface area contributed by atoms with Crippen LogP contribution < -0.4 is 4.90 Å². The number of nitriles is 1. The summed E-state index contributed by atoms with van der Waals surface area (Å²) in [7, 11) is 0. The summed E-state index contributed by atoms with van der Waals surface area (Å²) in [5.74, 6) is 0.913. The monoisotopic (exact) mass is 286 g/mol. The number of aliphatic hydroxyl groups excluding tert-OH is 1. The molecular weight excluding hydrogens is 264 g/mol. The zero-order valence-electron chi connectivity index (χ0n) is 12.3. The van der Waals surface area contributed by atoms with Gasteiger partial charge in [-0.3, -0.25) is 4.90 Å². The molecule has 2 aliphatic rings. The first-order valence-electron chi connectivity index (χ1n) is 7.80. The molecule has 2 fully saturated rings. The van der Waals surface area contributed by atoms with Crippen LogP contribution in [0.4, 0.5) is 5.82 Å². The number of aliphatic hydroxyl groups is 1. The molecule has 1 aromatic rings. The van der Waals surface area contributed by atoms with E-state index in [2.05, 4.69) is 20.9 Å². The van der Waals surface area contributed by atoms with Crippen LogP contribution >= 0.6 is 0 Å². The minimum Gasteiger partial charge on any atom is -0.395 e. The first-order chi connectivity index (χ1) is 10.3. The molecule has 1 aromatic heterocycles. The van der Waals surface area contributed by atoms with Crippen molar-refractivity contribution in [1.29, 1.82) is 5.26 Å². The Morgan fingerprint density at radius 2 is 2.05 bits per heavy atom. The highest BCUT2D eigenvalue weighted by Gasteiger charge is 2.31. The molecule has 0 saturated carbocycles. The van der Waals surface area contributed by atoms with Crippen molar-refractivity contribution in [3.8, 4) is 6.07 Å². The molecule has 2 unspecified atom stereocenters. The van der Waals surface area contributed by atoms with E-state index in [1.54, 1.807) is 6.07 Å². The van der Waals surface area contributed by atoms with Gasteiger partial charge in [0.2, 0.25) is 0 Å². The van der Waals surface area contributed by atoms with Gasteiger partial charge >= 0.3 is 0 Å². The maximum Gasteiger partial charge on any atom is 0.142 e. The smallest absolute Gasteiger partial charge is 0.142 e. The van der Waals surface area contributed by atoms with Crippen LogP contribution in [0.15, 0.2) is 18.2 Å². The molecule has 2 aliphatic heterocycles. The Labute approximate surface area is 125 Å². The molecule has 0 amide bonds. The van der Waals surface area contributed by atoms with Crippen molar-refractivity contribution >= 4 is 5.82 Å².